The van der Waals surface area contributed by atoms with Gasteiger partial charge in [0.2, 0.25) is 10.0 Å². The van der Waals surface area contributed by atoms with Gasteiger partial charge in [0.15, 0.2) is 0 Å². The van der Waals surface area contributed by atoms with Crippen LogP contribution < -0.4 is 0 Å². The highest BCUT2D eigenvalue weighted by Gasteiger charge is 2.33. The fourth-order valence-corrected chi connectivity index (χ4v) is 6.32. The molecule has 1 saturated heterocycles. The predicted octanol–water partition coefficient (Wildman–Crippen LogP) is 2.03. The highest BCUT2D eigenvalue weighted by atomic mass is 32.2. The van der Waals surface area contributed by atoms with Crippen LogP contribution in [0.1, 0.15) is 31.7 Å². The average Bonchev–Trinajstić information content (AvgIpc) is 3.42. The van der Waals surface area contributed by atoms with E-state index < -0.39 is 10.0 Å². The van der Waals surface area contributed by atoms with E-state index >= 15 is 0 Å². The molecule has 0 radical (unpaired) electrons. The van der Waals surface area contributed by atoms with E-state index in [4.69, 9.17) is 10.2 Å². The van der Waals surface area contributed by atoms with Crippen LogP contribution in [0.2, 0.25) is 0 Å². The molecule has 0 atom stereocenters. The van der Waals surface area contributed by atoms with E-state index in [0.717, 1.165) is 17.7 Å². The van der Waals surface area contributed by atoms with Crippen molar-refractivity contribution in [2.45, 2.75) is 36.6 Å². The zero-order valence-corrected chi connectivity index (χ0v) is 17.0. The van der Waals surface area contributed by atoms with Crippen LogP contribution in [0.15, 0.2) is 28.6 Å². The molecule has 0 bridgehead atoms. The lowest BCUT2D eigenvalue weighted by atomic mass is 10.3. The first-order valence-corrected chi connectivity index (χ1v) is 11.9. The van der Waals surface area contributed by atoms with Gasteiger partial charge in [0.05, 0.1) is 17.5 Å². The third-order valence-electron chi connectivity index (χ3n) is 5.52. The SMILES string of the molecule is O=S(=O)(c1cn(C2CCCC2)nc1-c1cccs1)N1CCN(CCO)CC1. The molecule has 2 aromatic heterocycles. The molecule has 0 spiro atoms. The standard InChI is InChI=1S/C18H26N4O3S2/c23-12-11-20-7-9-21(10-8-20)27(24,25)17-14-22(15-4-1-2-5-15)19-18(17)16-6-3-13-26-16/h3,6,13-15,23H,1-2,4-5,7-12H2. The Morgan fingerprint density at radius 1 is 1.19 bits per heavy atom. The van der Waals surface area contributed by atoms with Crippen LogP contribution in [-0.2, 0) is 10.0 Å². The predicted molar refractivity (Wildman–Crippen MR) is 105 cm³/mol. The number of sulfonamides is 1. The molecule has 0 aromatic carbocycles. The van der Waals surface area contributed by atoms with E-state index in [-0.39, 0.29) is 6.61 Å². The van der Waals surface area contributed by atoms with Gasteiger partial charge in [-0.05, 0) is 24.3 Å². The Labute approximate surface area is 164 Å². The van der Waals surface area contributed by atoms with E-state index in [1.165, 1.54) is 24.2 Å². The molecule has 1 aliphatic heterocycles. The Hall–Kier alpha value is -1.26. The highest BCUT2D eigenvalue weighted by Crippen LogP contribution is 2.35. The number of nitrogens with zero attached hydrogens (tertiary/aromatic N) is 4. The number of thiophene rings is 1. The summed E-state index contributed by atoms with van der Waals surface area (Å²) < 4.78 is 30.3. The highest BCUT2D eigenvalue weighted by molar-refractivity contribution is 7.89. The number of aliphatic hydroxyl groups is 1. The summed E-state index contributed by atoms with van der Waals surface area (Å²) in [6, 6.07) is 4.16. The number of β-amino-alcohol motifs (C(OH)–C–C–N with tert-alkyl or cyclic N) is 1. The summed E-state index contributed by atoms with van der Waals surface area (Å²) in [4.78, 5) is 3.31. The number of aromatic nitrogens is 2. The molecule has 27 heavy (non-hydrogen) atoms. The molecular weight excluding hydrogens is 384 g/mol. The summed E-state index contributed by atoms with van der Waals surface area (Å²) in [5.41, 5.74) is 0.578. The van der Waals surface area contributed by atoms with E-state index in [2.05, 4.69) is 4.90 Å². The third kappa shape index (κ3) is 3.84. The monoisotopic (exact) mass is 410 g/mol. The van der Waals surface area contributed by atoms with Crippen LogP contribution in [0, 0.1) is 0 Å². The number of hydrogen-bond donors (Lipinski definition) is 1. The molecule has 4 rings (SSSR count). The molecule has 1 saturated carbocycles. The van der Waals surface area contributed by atoms with Crippen LogP contribution in [0.5, 0.6) is 0 Å². The molecular formula is C18H26N4O3S2. The molecule has 2 fully saturated rings. The Balaban J connectivity index is 1.65. The quantitative estimate of drug-likeness (QED) is 0.788. The van der Waals surface area contributed by atoms with E-state index in [0.29, 0.717) is 49.4 Å². The Morgan fingerprint density at radius 3 is 2.56 bits per heavy atom. The Bertz CT molecular complexity index is 849. The number of piperazine rings is 1. The summed E-state index contributed by atoms with van der Waals surface area (Å²) in [5.74, 6) is 0. The van der Waals surface area contributed by atoms with Gasteiger partial charge in [-0.15, -0.1) is 11.3 Å². The minimum absolute atomic E-state index is 0.101. The molecule has 9 heteroatoms. The largest absolute Gasteiger partial charge is 0.395 e. The first kappa shape index (κ1) is 19.1. The second kappa shape index (κ2) is 8.00. The zero-order valence-electron chi connectivity index (χ0n) is 15.3. The zero-order chi connectivity index (χ0) is 18.9. The Kier molecular flexibility index (Phi) is 5.65. The molecule has 1 N–H and O–H groups in total. The minimum Gasteiger partial charge on any atom is -0.395 e. The average molecular weight is 411 g/mol. The van der Waals surface area contributed by atoms with Crippen molar-refractivity contribution in [2.75, 3.05) is 39.3 Å². The molecule has 2 aromatic rings. The van der Waals surface area contributed by atoms with Crippen LogP contribution in [-0.4, -0.2) is 71.8 Å². The number of hydrogen-bond acceptors (Lipinski definition) is 6. The van der Waals surface area contributed by atoms with Crippen molar-refractivity contribution < 1.29 is 13.5 Å². The lowest BCUT2D eigenvalue weighted by molar-refractivity contribution is 0.151. The van der Waals surface area contributed by atoms with Crippen LogP contribution in [0.4, 0.5) is 0 Å². The fraction of sp³-hybridized carbons (Fsp3) is 0.611. The second-order valence-electron chi connectivity index (χ2n) is 7.21. The topological polar surface area (TPSA) is 78.7 Å². The molecule has 148 valence electrons. The van der Waals surface area contributed by atoms with E-state index in [9.17, 15) is 8.42 Å². The van der Waals surface area contributed by atoms with Gasteiger partial charge in [-0.1, -0.05) is 18.9 Å². The maximum atomic E-state index is 13.4. The van der Waals surface area contributed by atoms with Gasteiger partial charge < -0.3 is 5.11 Å². The van der Waals surface area contributed by atoms with Crippen LogP contribution >= 0.6 is 11.3 Å². The summed E-state index contributed by atoms with van der Waals surface area (Å²) >= 11 is 1.52. The van der Waals surface area contributed by atoms with Crippen molar-refractivity contribution in [3.63, 3.8) is 0 Å². The lowest BCUT2D eigenvalue weighted by Gasteiger charge is -2.33. The van der Waals surface area contributed by atoms with E-state index in [1.807, 2.05) is 22.2 Å². The summed E-state index contributed by atoms with van der Waals surface area (Å²) in [7, 11) is -3.60. The van der Waals surface area contributed by atoms with Crippen molar-refractivity contribution in [1.82, 2.24) is 19.0 Å². The van der Waals surface area contributed by atoms with Gasteiger partial charge in [0.25, 0.3) is 0 Å². The molecule has 1 aliphatic carbocycles. The minimum atomic E-state index is -3.60. The summed E-state index contributed by atoms with van der Waals surface area (Å²) in [5, 5.41) is 15.8. The van der Waals surface area contributed by atoms with Gasteiger partial charge in [0, 0.05) is 38.9 Å². The fourth-order valence-electron chi connectivity index (χ4n) is 3.98. The smallest absolute Gasteiger partial charge is 0.246 e. The normalized spacial score (nSPS) is 20.5. The van der Waals surface area contributed by atoms with Crippen molar-refractivity contribution >= 4 is 21.4 Å². The van der Waals surface area contributed by atoms with Crippen LogP contribution in [0.3, 0.4) is 0 Å². The summed E-state index contributed by atoms with van der Waals surface area (Å²) in [6.45, 7) is 2.87. The van der Waals surface area contributed by atoms with Crippen molar-refractivity contribution in [3.8, 4) is 10.6 Å². The maximum absolute atomic E-state index is 13.4. The van der Waals surface area contributed by atoms with Crippen molar-refractivity contribution in [1.29, 1.82) is 0 Å². The van der Waals surface area contributed by atoms with Gasteiger partial charge in [0.1, 0.15) is 10.6 Å². The molecule has 2 aliphatic rings. The van der Waals surface area contributed by atoms with Gasteiger partial charge in [-0.3, -0.25) is 9.58 Å². The third-order valence-corrected chi connectivity index (χ3v) is 8.29. The second-order valence-corrected chi connectivity index (χ2v) is 10.1. The number of rotatable bonds is 6. The van der Waals surface area contributed by atoms with E-state index in [1.54, 1.807) is 10.5 Å². The Morgan fingerprint density at radius 2 is 1.93 bits per heavy atom. The first-order valence-electron chi connectivity index (χ1n) is 9.56. The molecule has 3 heterocycles. The van der Waals surface area contributed by atoms with Crippen LogP contribution in [0.25, 0.3) is 10.6 Å². The van der Waals surface area contributed by atoms with Crippen molar-refractivity contribution in [2.24, 2.45) is 0 Å². The molecule has 0 unspecified atom stereocenters. The van der Waals surface area contributed by atoms with Gasteiger partial charge in [-0.2, -0.15) is 9.40 Å². The summed E-state index contributed by atoms with van der Waals surface area (Å²) in [6.07, 6.45) is 6.22. The van der Waals surface area contributed by atoms with Crippen molar-refractivity contribution in [3.05, 3.63) is 23.7 Å². The maximum Gasteiger partial charge on any atom is 0.246 e. The van der Waals surface area contributed by atoms with Gasteiger partial charge in [-0.25, -0.2) is 8.42 Å². The molecule has 0 amide bonds. The van der Waals surface area contributed by atoms with Gasteiger partial charge >= 0.3 is 0 Å². The molecule has 7 nitrogen and oxygen atoms in total. The first-order chi connectivity index (χ1) is 13.1. The number of aliphatic hydroxyl groups excluding tert-OH is 1. The lowest BCUT2D eigenvalue weighted by Crippen LogP contribution is -2.49.